The van der Waals surface area contributed by atoms with Crippen molar-refractivity contribution in [1.82, 2.24) is 9.80 Å². The minimum atomic E-state index is 0.539. The number of likely N-dealkylation sites (tertiary alicyclic amines) is 2. The molecular formula is C27H43N3. The van der Waals surface area contributed by atoms with E-state index in [0.29, 0.717) is 12.0 Å². The second-order valence-corrected chi connectivity index (χ2v) is 9.43. The maximum absolute atomic E-state index is 4.88. The van der Waals surface area contributed by atoms with Crippen molar-refractivity contribution < 1.29 is 0 Å². The average Bonchev–Trinajstić information content (AvgIpc) is 3.24. The Labute approximate surface area is 185 Å². The summed E-state index contributed by atoms with van der Waals surface area (Å²) in [6, 6.07) is 7.48. The molecule has 0 aromatic heterocycles. The molecule has 3 rings (SSSR count). The standard InChI is InChI=1S/C27H43N3/c1-4-5-12-23(2)22-28-26-21-25(15-14-24(26)3)27-13-11-20-30(27)19-10-9-18-29-16-7-6-8-17-29/h9-10,14-15,21-23,27H,4-8,11-13,16-20H2,1-3H3/b10-9-,28-22+/t23-,27?/m0/s1. The highest BCUT2D eigenvalue weighted by Gasteiger charge is 2.25. The number of hydrogen-bond donors (Lipinski definition) is 0. The number of rotatable bonds is 10. The molecule has 1 unspecified atom stereocenters. The lowest BCUT2D eigenvalue weighted by Gasteiger charge is -2.26. The molecule has 0 saturated carbocycles. The molecule has 2 saturated heterocycles. The van der Waals surface area contributed by atoms with Crippen LogP contribution < -0.4 is 0 Å². The van der Waals surface area contributed by atoms with Crippen LogP contribution in [0.25, 0.3) is 0 Å². The zero-order chi connectivity index (χ0) is 21.2. The van der Waals surface area contributed by atoms with E-state index in [4.69, 9.17) is 4.99 Å². The molecule has 0 aliphatic carbocycles. The van der Waals surface area contributed by atoms with E-state index in [1.165, 1.54) is 82.1 Å². The molecule has 0 radical (unpaired) electrons. The SMILES string of the molecule is CCCC[C@H](C)/C=N/c1cc(C2CCCN2C/C=C\CN2CCCCC2)ccc1C. The van der Waals surface area contributed by atoms with Crippen molar-refractivity contribution in [3.05, 3.63) is 41.5 Å². The molecule has 0 N–H and O–H groups in total. The first-order chi connectivity index (χ1) is 14.7. The summed E-state index contributed by atoms with van der Waals surface area (Å²) in [6.45, 7) is 12.7. The highest BCUT2D eigenvalue weighted by molar-refractivity contribution is 5.67. The summed E-state index contributed by atoms with van der Waals surface area (Å²) in [4.78, 5) is 10.1. The van der Waals surface area contributed by atoms with Crippen molar-refractivity contribution in [2.75, 3.05) is 32.7 Å². The molecule has 0 spiro atoms. The third kappa shape index (κ3) is 7.06. The van der Waals surface area contributed by atoms with E-state index in [-0.39, 0.29) is 0 Å². The Morgan fingerprint density at radius 2 is 1.87 bits per heavy atom. The van der Waals surface area contributed by atoms with Gasteiger partial charge in [0, 0.05) is 25.3 Å². The normalized spacial score (nSPS) is 22.4. The summed E-state index contributed by atoms with van der Waals surface area (Å²) < 4.78 is 0. The van der Waals surface area contributed by atoms with Crippen LogP contribution in [0.15, 0.2) is 35.3 Å². The van der Waals surface area contributed by atoms with Gasteiger partial charge in [-0.3, -0.25) is 14.8 Å². The molecule has 3 heteroatoms. The topological polar surface area (TPSA) is 18.8 Å². The molecule has 2 aliphatic rings. The lowest BCUT2D eigenvalue weighted by atomic mass is 10.0. The summed E-state index contributed by atoms with van der Waals surface area (Å²) in [5, 5.41) is 0. The number of hydrogen-bond acceptors (Lipinski definition) is 3. The molecule has 2 aliphatic heterocycles. The molecule has 1 aromatic carbocycles. The number of piperidine rings is 1. The molecule has 1 aromatic rings. The Bertz CT molecular complexity index is 687. The van der Waals surface area contributed by atoms with Gasteiger partial charge in [-0.1, -0.05) is 57.4 Å². The van der Waals surface area contributed by atoms with Crippen molar-refractivity contribution in [2.45, 2.75) is 78.2 Å². The Balaban J connectivity index is 1.57. The van der Waals surface area contributed by atoms with Crippen LogP contribution in [0.3, 0.4) is 0 Å². The van der Waals surface area contributed by atoms with E-state index in [0.717, 1.165) is 18.8 Å². The van der Waals surface area contributed by atoms with Crippen LogP contribution in [0.5, 0.6) is 0 Å². The second kappa shape index (κ2) is 12.4. The molecule has 2 atom stereocenters. The molecule has 2 heterocycles. The molecule has 30 heavy (non-hydrogen) atoms. The average molecular weight is 410 g/mol. The quantitative estimate of drug-likeness (QED) is 0.316. The maximum atomic E-state index is 4.88. The van der Waals surface area contributed by atoms with Crippen LogP contribution in [0, 0.1) is 12.8 Å². The Hall–Kier alpha value is -1.45. The van der Waals surface area contributed by atoms with Crippen molar-refractivity contribution in [3.8, 4) is 0 Å². The predicted octanol–water partition coefficient (Wildman–Crippen LogP) is 6.70. The van der Waals surface area contributed by atoms with Gasteiger partial charge in [-0.25, -0.2) is 0 Å². The van der Waals surface area contributed by atoms with Gasteiger partial charge in [-0.2, -0.15) is 0 Å². The van der Waals surface area contributed by atoms with E-state index >= 15 is 0 Å². The first-order valence-corrected chi connectivity index (χ1v) is 12.4. The van der Waals surface area contributed by atoms with Crippen LogP contribution in [0.1, 0.15) is 82.4 Å². The zero-order valence-electron chi connectivity index (χ0n) is 19.7. The largest absolute Gasteiger partial charge is 0.300 e. The number of aryl methyl sites for hydroxylation is 1. The predicted molar refractivity (Wildman–Crippen MR) is 131 cm³/mol. The Morgan fingerprint density at radius 1 is 1.07 bits per heavy atom. The van der Waals surface area contributed by atoms with E-state index in [1.807, 2.05) is 0 Å². The van der Waals surface area contributed by atoms with Gasteiger partial charge in [-0.05, 0) is 81.8 Å². The molecular weight excluding hydrogens is 366 g/mol. The summed E-state index contributed by atoms with van der Waals surface area (Å²) in [6.07, 6.45) is 17.5. The minimum Gasteiger partial charge on any atom is -0.300 e. The van der Waals surface area contributed by atoms with Crippen LogP contribution in [0.2, 0.25) is 0 Å². The van der Waals surface area contributed by atoms with Crippen molar-refractivity contribution >= 4 is 11.9 Å². The second-order valence-electron chi connectivity index (χ2n) is 9.43. The summed E-state index contributed by atoms with van der Waals surface area (Å²) in [5.74, 6) is 0.557. The third-order valence-corrected chi connectivity index (χ3v) is 6.78. The highest BCUT2D eigenvalue weighted by atomic mass is 15.2. The lowest BCUT2D eigenvalue weighted by molar-refractivity contribution is 0.250. The van der Waals surface area contributed by atoms with Crippen LogP contribution in [-0.2, 0) is 0 Å². The Kier molecular flexibility index (Phi) is 9.61. The van der Waals surface area contributed by atoms with Gasteiger partial charge in [0.25, 0.3) is 0 Å². The van der Waals surface area contributed by atoms with Crippen molar-refractivity contribution in [2.24, 2.45) is 10.9 Å². The van der Waals surface area contributed by atoms with E-state index in [2.05, 4.69) is 67.1 Å². The fourth-order valence-corrected chi connectivity index (χ4v) is 4.78. The number of unbranched alkanes of at least 4 members (excludes halogenated alkanes) is 1. The number of aliphatic imine (C=N–C) groups is 1. The monoisotopic (exact) mass is 409 g/mol. The highest BCUT2D eigenvalue weighted by Crippen LogP contribution is 2.34. The minimum absolute atomic E-state index is 0.539. The van der Waals surface area contributed by atoms with E-state index in [1.54, 1.807) is 0 Å². The van der Waals surface area contributed by atoms with E-state index in [9.17, 15) is 0 Å². The smallest absolute Gasteiger partial charge is 0.0658 e. The van der Waals surface area contributed by atoms with Gasteiger partial charge in [-0.15, -0.1) is 0 Å². The number of nitrogens with zero attached hydrogens (tertiary/aromatic N) is 3. The van der Waals surface area contributed by atoms with Crippen LogP contribution in [0.4, 0.5) is 5.69 Å². The fourth-order valence-electron chi connectivity index (χ4n) is 4.78. The first-order valence-electron chi connectivity index (χ1n) is 12.4. The maximum Gasteiger partial charge on any atom is 0.0658 e. The van der Waals surface area contributed by atoms with Gasteiger partial charge < -0.3 is 0 Å². The molecule has 0 amide bonds. The molecule has 3 nitrogen and oxygen atoms in total. The lowest BCUT2D eigenvalue weighted by Crippen LogP contribution is -2.30. The summed E-state index contributed by atoms with van der Waals surface area (Å²) in [7, 11) is 0. The molecule has 166 valence electrons. The summed E-state index contributed by atoms with van der Waals surface area (Å²) >= 11 is 0. The van der Waals surface area contributed by atoms with Gasteiger partial charge in [0.05, 0.1) is 5.69 Å². The van der Waals surface area contributed by atoms with E-state index < -0.39 is 0 Å². The number of benzene rings is 1. The van der Waals surface area contributed by atoms with Gasteiger partial charge in [0.1, 0.15) is 0 Å². The molecule has 0 bridgehead atoms. The Morgan fingerprint density at radius 3 is 2.67 bits per heavy atom. The van der Waals surface area contributed by atoms with Gasteiger partial charge >= 0.3 is 0 Å². The van der Waals surface area contributed by atoms with Crippen LogP contribution >= 0.6 is 0 Å². The third-order valence-electron chi connectivity index (χ3n) is 6.78. The fraction of sp³-hybridized carbons (Fsp3) is 0.667. The zero-order valence-corrected chi connectivity index (χ0v) is 19.7. The van der Waals surface area contributed by atoms with Crippen LogP contribution in [-0.4, -0.2) is 48.7 Å². The van der Waals surface area contributed by atoms with Gasteiger partial charge in [0.2, 0.25) is 0 Å². The van der Waals surface area contributed by atoms with Gasteiger partial charge in [0.15, 0.2) is 0 Å². The first kappa shape index (κ1) is 23.2. The summed E-state index contributed by atoms with van der Waals surface area (Å²) in [5.41, 5.74) is 3.88. The molecule has 2 fully saturated rings. The van der Waals surface area contributed by atoms with Crippen molar-refractivity contribution in [1.29, 1.82) is 0 Å². The van der Waals surface area contributed by atoms with Crippen molar-refractivity contribution in [3.63, 3.8) is 0 Å².